The first-order valence-corrected chi connectivity index (χ1v) is 3.71. The largest absolute Gasteiger partial charge is 1.00 e. The Bertz CT molecular complexity index is 42.5. The predicted octanol–water partition coefficient (Wildman–Crippen LogP) is 0.0384. The molecule has 1 fully saturated rings. The Morgan fingerprint density at radius 2 is 1.80 bits per heavy atom. The first-order valence-electron chi connectivity index (χ1n) is 3.71. The van der Waals surface area contributed by atoms with E-state index in [2.05, 4.69) is 13.3 Å². The summed E-state index contributed by atoms with van der Waals surface area (Å²) in [6, 6.07) is 0. The minimum atomic E-state index is 0. The molecule has 1 radical (unpaired) electrons. The molecular weight excluding hydrogens is 368 g/mol. The van der Waals surface area contributed by atoms with Crippen molar-refractivity contribution in [2.24, 2.45) is 5.92 Å². The fourth-order valence-electron chi connectivity index (χ4n) is 0.923. The van der Waals surface area contributed by atoms with Crippen LogP contribution in [0.1, 0.15) is 40.0 Å². The van der Waals surface area contributed by atoms with Crippen molar-refractivity contribution in [1.82, 2.24) is 0 Å². The molecule has 1 aliphatic carbocycles. The van der Waals surface area contributed by atoms with Crippen molar-refractivity contribution < 1.29 is 78.6 Å². The van der Waals surface area contributed by atoms with Crippen molar-refractivity contribution in [3.05, 3.63) is 6.42 Å². The molecule has 0 nitrogen and oxygen atoms in total. The van der Waals surface area contributed by atoms with Crippen LogP contribution in [0.25, 0.3) is 0 Å². The van der Waals surface area contributed by atoms with Gasteiger partial charge < -0.3 is 6.42 Å². The molecule has 0 saturated heterocycles. The molecule has 0 N–H and O–H groups in total. The molecular formula is C8H17RbRe. The monoisotopic (exact) mass is 385 g/mol. The van der Waals surface area contributed by atoms with Crippen molar-refractivity contribution in [3.8, 4) is 0 Å². The Hall–Kier alpha value is 2.47. The molecule has 57 valence electrons. The Balaban J connectivity index is -0.000000114. The smallest absolute Gasteiger partial charge is 0.328 e. The van der Waals surface area contributed by atoms with Gasteiger partial charge in [-0.25, -0.2) is 0 Å². The molecule has 0 bridgehead atoms. The molecule has 1 rings (SSSR count). The van der Waals surface area contributed by atoms with Gasteiger partial charge in [-0.3, -0.25) is 0 Å². The second-order valence-corrected chi connectivity index (χ2v) is 2.21. The first-order chi connectivity index (χ1) is 3.89. The number of rotatable bonds is 0. The van der Waals surface area contributed by atoms with Crippen molar-refractivity contribution in [3.63, 3.8) is 0 Å². The minimum Gasteiger partial charge on any atom is -0.328 e. The third-order valence-corrected chi connectivity index (χ3v) is 1.43. The van der Waals surface area contributed by atoms with Gasteiger partial charge in [0.2, 0.25) is 0 Å². The molecule has 1 saturated carbocycles. The van der Waals surface area contributed by atoms with E-state index in [0.717, 1.165) is 5.92 Å². The standard InChI is InChI=1S/C6H11.C2H6.Rb.Re/c1-6-4-2-3-5-6;1-2;;/h2,6H,3-5H2,1H3;1-2H3;;/q-1;;+1;. The van der Waals surface area contributed by atoms with E-state index in [-0.39, 0.29) is 78.6 Å². The second kappa shape index (κ2) is 14.0. The average Bonchev–Trinajstić information content (AvgIpc) is 2.24. The zero-order chi connectivity index (χ0) is 6.41. The molecule has 1 atom stereocenters. The van der Waals surface area contributed by atoms with Crippen LogP contribution in [-0.4, -0.2) is 0 Å². The van der Waals surface area contributed by atoms with Crippen molar-refractivity contribution in [1.29, 1.82) is 0 Å². The fraction of sp³-hybridized carbons (Fsp3) is 0.875. The Morgan fingerprint density at radius 1 is 1.30 bits per heavy atom. The van der Waals surface area contributed by atoms with Crippen molar-refractivity contribution >= 4 is 0 Å². The molecule has 0 aromatic carbocycles. The van der Waals surface area contributed by atoms with Crippen molar-refractivity contribution in [2.45, 2.75) is 40.0 Å². The number of hydrogen-bond donors (Lipinski definition) is 0. The van der Waals surface area contributed by atoms with Gasteiger partial charge in [0.05, 0.1) is 0 Å². The molecule has 1 aliphatic rings. The van der Waals surface area contributed by atoms with Crippen LogP contribution in [0, 0.1) is 12.3 Å². The summed E-state index contributed by atoms with van der Waals surface area (Å²) in [6.07, 6.45) is 6.53. The van der Waals surface area contributed by atoms with E-state index in [9.17, 15) is 0 Å². The van der Waals surface area contributed by atoms with Gasteiger partial charge in [0.25, 0.3) is 0 Å². The van der Waals surface area contributed by atoms with Crippen LogP contribution in [0.2, 0.25) is 0 Å². The quantitative estimate of drug-likeness (QED) is 0.517. The zero-order valence-corrected chi connectivity index (χ0v) is 15.3. The average molecular weight is 385 g/mol. The predicted molar refractivity (Wildman–Crippen MR) is 38.7 cm³/mol. The molecule has 0 aliphatic heterocycles. The first kappa shape index (κ1) is 18.3. The summed E-state index contributed by atoms with van der Waals surface area (Å²) in [6.45, 7) is 6.31. The van der Waals surface area contributed by atoms with Crippen LogP contribution >= 0.6 is 0 Å². The van der Waals surface area contributed by atoms with Crippen LogP contribution in [0.5, 0.6) is 0 Å². The maximum Gasteiger partial charge on any atom is 1.00 e. The second-order valence-electron chi connectivity index (χ2n) is 2.21. The van der Waals surface area contributed by atoms with E-state index >= 15 is 0 Å². The van der Waals surface area contributed by atoms with Crippen molar-refractivity contribution in [2.75, 3.05) is 0 Å². The van der Waals surface area contributed by atoms with Crippen LogP contribution in [0.4, 0.5) is 0 Å². The van der Waals surface area contributed by atoms with E-state index in [1.54, 1.807) is 0 Å². The molecule has 10 heavy (non-hydrogen) atoms. The van der Waals surface area contributed by atoms with Gasteiger partial charge in [0.15, 0.2) is 0 Å². The summed E-state index contributed by atoms with van der Waals surface area (Å²) in [5.74, 6) is 0.991. The van der Waals surface area contributed by atoms with Gasteiger partial charge in [0, 0.05) is 20.4 Å². The third-order valence-electron chi connectivity index (χ3n) is 1.43. The molecule has 0 aromatic rings. The molecule has 0 aromatic heterocycles. The summed E-state index contributed by atoms with van der Waals surface area (Å²) in [5, 5.41) is 0. The summed E-state index contributed by atoms with van der Waals surface area (Å²) in [5.41, 5.74) is 0. The summed E-state index contributed by atoms with van der Waals surface area (Å²) in [7, 11) is 0. The van der Waals surface area contributed by atoms with Gasteiger partial charge in [-0.05, 0) is 0 Å². The van der Waals surface area contributed by atoms with Gasteiger partial charge in [-0.1, -0.05) is 33.1 Å². The fourth-order valence-corrected chi connectivity index (χ4v) is 0.923. The molecule has 2 heteroatoms. The minimum absolute atomic E-state index is 0. The zero-order valence-electron chi connectivity index (χ0n) is 7.65. The van der Waals surface area contributed by atoms with Gasteiger partial charge in [-0.15, -0.1) is 0 Å². The maximum absolute atomic E-state index is 2.38. The van der Waals surface area contributed by atoms with Gasteiger partial charge in [-0.2, -0.15) is 12.8 Å². The summed E-state index contributed by atoms with van der Waals surface area (Å²) in [4.78, 5) is 0. The third kappa shape index (κ3) is 10.5. The van der Waals surface area contributed by atoms with Crippen LogP contribution in [-0.2, 0) is 20.4 Å². The number of hydrogen-bond acceptors (Lipinski definition) is 0. The SMILES string of the molecule is CC.CC1C[CH-]CC1.[Rb+].[Re]. The molecule has 0 amide bonds. The van der Waals surface area contributed by atoms with Gasteiger partial charge >= 0.3 is 58.2 Å². The van der Waals surface area contributed by atoms with E-state index in [4.69, 9.17) is 0 Å². The van der Waals surface area contributed by atoms with Crippen LogP contribution in [0.15, 0.2) is 0 Å². The van der Waals surface area contributed by atoms with Crippen LogP contribution in [0.3, 0.4) is 0 Å². The molecule has 1 unspecified atom stereocenters. The van der Waals surface area contributed by atoms with E-state index in [0.29, 0.717) is 0 Å². The Morgan fingerprint density at radius 3 is 1.90 bits per heavy atom. The maximum atomic E-state index is 2.38. The Kier molecular flexibility index (Phi) is 25.6. The van der Waals surface area contributed by atoms with E-state index < -0.39 is 0 Å². The normalized spacial score (nSPS) is 21.3. The van der Waals surface area contributed by atoms with E-state index in [1.807, 2.05) is 13.8 Å². The Labute approximate surface area is 128 Å². The van der Waals surface area contributed by atoms with Gasteiger partial charge in [0.1, 0.15) is 0 Å². The molecule has 0 spiro atoms. The van der Waals surface area contributed by atoms with Crippen LogP contribution < -0.4 is 58.2 Å². The summed E-state index contributed by atoms with van der Waals surface area (Å²) >= 11 is 0. The topological polar surface area (TPSA) is 0 Å². The summed E-state index contributed by atoms with van der Waals surface area (Å²) < 4.78 is 0. The molecule has 0 heterocycles. The van der Waals surface area contributed by atoms with E-state index in [1.165, 1.54) is 19.3 Å².